The summed E-state index contributed by atoms with van der Waals surface area (Å²) in [6.07, 6.45) is 6.45. The third-order valence-electron chi connectivity index (χ3n) is 5.66. The lowest BCUT2D eigenvalue weighted by atomic mass is 10.1. The Hall–Kier alpha value is -2.42. The highest BCUT2D eigenvalue weighted by Gasteiger charge is 2.28. The maximum atomic E-state index is 13.7. The molecule has 156 valence electrons. The molecule has 0 atom stereocenters. The second kappa shape index (κ2) is 8.52. The standard InChI is InChI=1S/C20H24FN3O4S/c21-14-4-3-5-15(12-14)24-20(25)19(28-16-6-1-2-7-16)18(13-22-24)23-10-8-17(9-11-23)29(26)27/h3-5,12-13,16-17,29H,1-2,6-11H2. The van der Waals surface area contributed by atoms with Crippen molar-refractivity contribution in [3.8, 4) is 11.4 Å². The van der Waals surface area contributed by atoms with Crippen molar-refractivity contribution in [3.63, 3.8) is 0 Å². The van der Waals surface area contributed by atoms with Crippen molar-refractivity contribution in [2.24, 2.45) is 0 Å². The zero-order chi connectivity index (χ0) is 20.4. The third kappa shape index (κ3) is 4.29. The van der Waals surface area contributed by atoms with Gasteiger partial charge in [-0.15, -0.1) is 0 Å². The Morgan fingerprint density at radius 3 is 2.48 bits per heavy atom. The van der Waals surface area contributed by atoms with Gasteiger partial charge in [-0.1, -0.05) is 6.07 Å². The van der Waals surface area contributed by atoms with E-state index < -0.39 is 22.1 Å². The lowest BCUT2D eigenvalue weighted by molar-refractivity contribution is 0.206. The van der Waals surface area contributed by atoms with Crippen LogP contribution in [0.3, 0.4) is 0 Å². The molecule has 0 spiro atoms. The molecule has 4 rings (SSSR count). The number of nitrogens with zero attached hydrogens (tertiary/aromatic N) is 3. The van der Waals surface area contributed by atoms with Crippen molar-refractivity contribution >= 4 is 16.4 Å². The van der Waals surface area contributed by atoms with Gasteiger partial charge < -0.3 is 9.64 Å². The molecule has 29 heavy (non-hydrogen) atoms. The molecular formula is C20H24FN3O4S. The van der Waals surface area contributed by atoms with Crippen LogP contribution in [0.5, 0.6) is 5.75 Å². The minimum atomic E-state index is -2.44. The number of hydrogen-bond donors (Lipinski definition) is 1. The average Bonchev–Trinajstić information content (AvgIpc) is 3.23. The van der Waals surface area contributed by atoms with Crippen molar-refractivity contribution < 1.29 is 17.5 Å². The lowest BCUT2D eigenvalue weighted by Crippen LogP contribution is -2.38. The number of halogens is 1. The molecule has 2 aromatic rings. The first kappa shape index (κ1) is 19.9. The smallest absolute Gasteiger partial charge is 0.316 e. The van der Waals surface area contributed by atoms with Crippen molar-refractivity contribution in [3.05, 3.63) is 46.6 Å². The molecule has 9 heteroatoms. The van der Waals surface area contributed by atoms with Crippen LogP contribution >= 0.6 is 0 Å². The monoisotopic (exact) mass is 421 g/mol. The van der Waals surface area contributed by atoms with Gasteiger partial charge in [-0.25, -0.2) is 12.8 Å². The Balaban J connectivity index is 1.70. The molecule has 1 saturated carbocycles. The summed E-state index contributed by atoms with van der Waals surface area (Å²) in [7, 11) is -2.44. The normalized spacial score (nSPS) is 18.5. The van der Waals surface area contributed by atoms with Gasteiger partial charge in [0.2, 0.25) is 5.75 Å². The minimum absolute atomic E-state index is 0.0292. The van der Waals surface area contributed by atoms with Crippen LogP contribution in [0.4, 0.5) is 10.1 Å². The second-order valence-corrected chi connectivity index (χ2v) is 8.88. The highest BCUT2D eigenvalue weighted by atomic mass is 32.2. The molecule has 0 N–H and O–H groups in total. The molecule has 1 saturated heterocycles. The Morgan fingerprint density at radius 1 is 1.10 bits per heavy atom. The fraction of sp³-hybridized carbons (Fsp3) is 0.500. The van der Waals surface area contributed by atoms with E-state index in [-0.39, 0.29) is 17.1 Å². The van der Waals surface area contributed by atoms with Crippen LogP contribution in [0.15, 0.2) is 35.3 Å². The quantitative estimate of drug-likeness (QED) is 0.746. The maximum Gasteiger partial charge on any atom is 0.316 e. The third-order valence-corrected chi connectivity index (χ3v) is 6.77. The van der Waals surface area contributed by atoms with Gasteiger partial charge >= 0.3 is 5.56 Å². The van der Waals surface area contributed by atoms with Crippen molar-refractivity contribution in [2.45, 2.75) is 49.9 Å². The van der Waals surface area contributed by atoms with Crippen LogP contribution in [-0.4, -0.2) is 42.6 Å². The zero-order valence-electron chi connectivity index (χ0n) is 16.0. The van der Waals surface area contributed by atoms with E-state index in [1.165, 1.54) is 18.2 Å². The Labute approximate surface area is 170 Å². The van der Waals surface area contributed by atoms with Gasteiger partial charge in [-0.05, 0) is 56.7 Å². The van der Waals surface area contributed by atoms with Gasteiger partial charge in [0.15, 0.2) is 0 Å². The zero-order valence-corrected chi connectivity index (χ0v) is 16.9. The van der Waals surface area contributed by atoms with E-state index in [2.05, 4.69) is 5.10 Å². The molecule has 1 aromatic carbocycles. The van der Waals surface area contributed by atoms with E-state index >= 15 is 0 Å². The number of thiol groups is 1. The molecule has 2 fully saturated rings. The van der Waals surface area contributed by atoms with Gasteiger partial charge in [0.1, 0.15) is 22.2 Å². The number of piperidine rings is 1. The van der Waals surface area contributed by atoms with Gasteiger partial charge in [0.25, 0.3) is 0 Å². The summed E-state index contributed by atoms with van der Waals surface area (Å²) in [6, 6.07) is 5.71. The molecule has 1 aliphatic heterocycles. The number of ether oxygens (including phenoxy) is 1. The predicted molar refractivity (Wildman–Crippen MR) is 108 cm³/mol. The van der Waals surface area contributed by atoms with Crippen LogP contribution < -0.4 is 15.2 Å². The molecule has 7 nitrogen and oxygen atoms in total. The molecule has 1 aromatic heterocycles. The van der Waals surface area contributed by atoms with E-state index in [1.54, 1.807) is 12.3 Å². The van der Waals surface area contributed by atoms with Crippen LogP contribution in [0.2, 0.25) is 0 Å². The van der Waals surface area contributed by atoms with Crippen LogP contribution in [0, 0.1) is 5.82 Å². The number of hydrogen-bond acceptors (Lipinski definition) is 6. The van der Waals surface area contributed by atoms with Crippen LogP contribution in [0.25, 0.3) is 5.69 Å². The lowest BCUT2D eigenvalue weighted by Gasteiger charge is -2.32. The van der Waals surface area contributed by atoms with E-state index in [0.29, 0.717) is 37.3 Å². The van der Waals surface area contributed by atoms with Gasteiger partial charge in [-0.2, -0.15) is 9.78 Å². The van der Waals surface area contributed by atoms with E-state index in [4.69, 9.17) is 4.74 Å². The molecule has 0 amide bonds. The predicted octanol–water partition coefficient (Wildman–Crippen LogP) is 2.27. The van der Waals surface area contributed by atoms with E-state index in [9.17, 15) is 17.6 Å². The van der Waals surface area contributed by atoms with Gasteiger partial charge in [0.05, 0.1) is 23.2 Å². The topological polar surface area (TPSA) is 81.5 Å². The second-order valence-electron chi connectivity index (χ2n) is 7.58. The Bertz CT molecular complexity index is 1000. The summed E-state index contributed by atoms with van der Waals surface area (Å²) in [5, 5.41) is 3.92. The average molecular weight is 421 g/mol. The van der Waals surface area contributed by atoms with E-state index in [0.717, 1.165) is 30.4 Å². The van der Waals surface area contributed by atoms with Crippen molar-refractivity contribution in [1.29, 1.82) is 0 Å². The molecule has 1 aliphatic carbocycles. The summed E-state index contributed by atoms with van der Waals surface area (Å²) >= 11 is 0. The first-order chi connectivity index (χ1) is 14.0. The molecule has 2 aliphatic rings. The van der Waals surface area contributed by atoms with Gasteiger partial charge in [0, 0.05) is 13.1 Å². The minimum Gasteiger partial charge on any atom is -0.483 e. The summed E-state index contributed by atoms with van der Waals surface area (Å²) in [5.74, 6) is -0.242. The highest BCUT2D eigenvalue weighted by Crippen LogP contribution is 2.31. The van der Waals surface area contributed by atoms with Crippen molar-refractivity contribution in [2.75, 3.05) is 18.0 Å². The van der Waals surface area contributed by atoms with Crippen LogP contribution in [-0.2, 0) is 10.7 Å². The largest absolute Gasteiger partial charge is 0.483 e. The van der Waals surface area contributed by atoms with Gasteiger partial charge in [-0.3, -0.25) is 4.79 Å². The number of rotatable bonds is 5. The molecule has 0 unspecified atom stereocenters. The fourth-order valence-corrected chi connectivity index (χ4v) is 4.70. The first-order valence-corrected chi connectivity index (χ1v) is 11.2. The van der Waals surface area contributed by atoms with E-state index in [1.807, 2.05) is 4.90 Å². The summed E-state index contributed by atoms with van der Waals surface area (Å²) in [5.41, 5.74) is 0.478. The SMILES string of the molecule is O=c1c(OC2CCCC2)c(N2CCC([SH](=O)=O)CC2)cnn1-c1cccc(F)c1. The first-order valence-electron chi connectivity index (χ1n) is 9.96. The maximum absolute atomic E-state index is 13.7. The summed E-state index contributed by atoms with van der Waals surface area (Å²) in [6.45, 7) is 1.03. The number of benzene rings is 1. The molecule has 0 radical (unpaired) electrons. The summed E-state index contributed by atoms with van der Waals surface area (Å²) in [4.78, 5) is 15.2. The Kier molecular flexibility index (Phi) is 5.84. The summed E-state index contributed by atoms with van der Waals surface area (Å²) < 4.78 is 43.5. The number of anilines is 1. The highest BCUT2D eigenvalue weighted by molar-refractivity contribution is 7.73. The number of aromatic nitrogens is 2. The van der Waals surface area contributed by atoms with Crippen molar-refractivity contribution in [1.82, 2.24) is 9.78 Å². The molecular weight excluding hydrogens is 397 g/mol. The molecule has 0 bridgehead atoms. The van der Waals surface area contributed by atoms with Crippen LogP contribution in [0.1, 0.15) is 38.5 Å². The molecule has 2 heterocycles. The Morgan fingerprint density at radius 2 is 1.83 bits per heavy atom. The fourth-order valence-electron chi connectivity index (χ4n) is 4.05.